The predicted octanol–water partition coefficient (Wildman–Crippen LogP) is 12.4. The summed E-state index contributed by atoms with van der Waals surface area (Å²) in [6.07, 6.45) is 9.56. The van der Waals surface area contributed by atoms with Crippen LogP contribution in [-0.4, -0.2) is 14.1 Å². The quantitative estimate of drug-likeness (QED) is 0.118. The summed E-state index contributed by atoms with van der Waals surface area (Å²) in [5, 5.41) is 2.22. The van der Waals surface area contributed by atoms with Crippen LogP contribution in [0.5, 0.6) is 11.5 Å². The van der Waals surface area contributed by atoms with Crippen molar-refractivity contribution in [3.63, 3.8) is 0 Å². The first-order chi connectivity index (χ1) is 27.5. The van der Waals surface area contributed by atoms with E-state index in [4.69, 9.17) is 9.72 Å². The van der Waals surface area contributed by atoms with Gasteiger partial charge in [-0.15, -0.1) is 35.2 Å². The van der Waals surface area contributed by atoms with Crippen molar-refractivity contribution in [2.45, 2.75) is 52.4 Å². The molecule has 0 unspecified atom stereocenters. The Balaban J connectivity index is 0.00000469. The largest absolute Gasteiger partial charge is 0.510 e. The molecule has 0 aliphatic rings. The van der Waals surface area contributed by atoms with E-state index in [1.807, 2.05) is 41.4 Å². The van der Waals surface area contributed by atoms with Gasteiger partial charge < -0.3 is 13.9 Å². The number of rotatable bonds is 7. The van der Waals surface area contributed by atoms with Crippen LogP contribution in [0.25, 0.3) is 61.3 Å². The predicted molar refractivity (Wildman–Crippen MR) is 231 cm³/mol. The maximum Gasteiger partial charge on any atom is 0.267 e. The van der Waals surface area contributed by atoms with E-state index in [0.717, 1.165) is 61.3 Å². The molecule has 0 spiro atoms. The van der Waals surface area contributed by atoms with Crippen molar-refractivity contribution in [1.82, 2.24) is 14.1 Å². The van der Waals surface area contributed by atoms with Gasteiger partial charge in [-0.2, -0.15) is 12.1 Å². The van der Waals surface area contributed by atoms with E-state index in [-0.39, 0.29) is 31.9 Å². The van der Waals surface area contributed by atoms with Gasteiger partial charge in [0.15, 0.2) is 0 Å². The standard InChI is InChI=1S/C52H44N4O.Pt/c1-51(2,3)39-21-24-47(46(31-39)37-17-11-8-12-18-37)55-28-27-54(35-55)41-29-38(36-15-9-7-10-16-36)30-43(33-41)57-42-22-23-45-44-19-13-14-20-48(44)56(49(45)34-42)50-32-40(25-26-53-50)52(4,5)6;/h7-32H,1-6H3;/q-2;. The van der Waals surface area contributed by atoms with E-state index in [2.05, 4.69) is 190 Å². The van der Waals surface area contributed by atoms with Crippen LogP contribution in [-0.2, 0) is 31.9 Å². The molecule has 290 valence electrons. The molecule has 0 atom stereocenters. The summed E-state index contributed by atoms with van der Waals surface area (Å²) in [7, 11) is 0. The third-order valence-corrected chi connectivity index (χ3v) is 10.6. The van der Waals surface area contributed by atoms with Crippen molar-refractivity contribution in [3.8, 4) is 50.9 Å². The molecular weight excluding hydrogens is 892 g/mol. The number of nitrogens with zero attached hydrogens (tertiary/aromatic N) is 4. The van der Waals surface area contributed by atoms with Crippen molar-refractivity contribution in [2.75, 3.05) is 0 Å². The molecule has 0 radical (unpaired) electrons. The maximum absolute atomic E-state index is 6.71. The van der Waals surface area contributed by atoms with E-state index in [0.29, 0.717) is 11.5 Å². The molecule has 3 aromatic heterocycles. The minimum absolute atomic E-state index is 0. The van der Waals surface area contributed by atoms with Crippen LogP contribution in [0, 0.1) is 18.5 Å². The number of pyridine rings is 1. The first-order valence-electron chi connectivity index (χ1n) is 19.5. The van der Waals surface area contributed by atoms with Gasteiger partial charge in [-0.1, -0.05) is 138 Å². The first-order valence-corrected chi connectivity index (χ1v) is 19.5. The molecule has 6 aromatic carbocycles. The molecule has 58 heavy (non-hydrogen) atoms. The Kier molecular flexibility index (Phi) is 10.3. The SMILES string of the molecule is CC(C)(C)c1ccnc(-n2c3[c-]c(Oc4[c-]c(-n5[c-][n+](-c6ccc(C(C)(C)C)cc6-c6ccccc6)cc5)cc(-c5ccccc5)c4)ccc3c3ccccc32)c1.[Pt]. The zero-order valence-corrected chi connectivity index (χ0v) is 35.8. The summed E-state index contributed by atoms with van der Waals surface area (Å²) < 4.78 is 12.9. The smallest absolute Gasteiger partial charge is 0.267 e. The minimum atomic E-state index is -0.0246. The Morgan fingerprint density at radius 2 is 1.29 bits per heavy atom. The molecule has 0 amide bonds. The number of fused-ring (bicyclic) bond motifs is 3. The topological polar surface area (TPSA) is 35.9 Å². The number of hydrogen-bond acceptors (Lipinski definition) is 2. The molecule has 0 fully saturated rings. The zero-order chi connectivity index (χ0) is 39.3. The third-order valence-electron chi connectivity index (χ3n) is 10.6. The summed E-state index contributed by atoms with van der Waals surface area (Å²) >= 11 is 0. The number of benzene rings is 6. The summed E-state index contributed by atoms with van der Waals surface area (Å²) in [6, 6.07) is 55.8. The Labute approximate surface area is 355 Å². The summed E-state index contributed by atoms with van der Waals surface area (Å²) in [5.74, 6) is 2.01. The van der Waals surface area contributed by atoms with Crippen LogP contribution in [0.1, 0.15) is 52.7 Å². The van der Waals surface area contributed by atoms with E-state index in [9.17, 15) is 0 Å². The number of hydrogen-bond donors (Lipinski definition) is 0. The average molecular weight is 936 g/mol. The van der Waals surface area contributed by atoms with Gasteiger partial charge >= 0.3 is 0 Å². The molecule has 0 bridgehead atoms. The molecule has 0 N–H and O–H groups in total. The van der Waals surface area contributed by atoms with Crippen molar-refractivity contribution < 1.29 is 30.4 Å². The van der Waals surface area contributed by atoms with Crippen molar-refractivity contribution in [1.29, 1.82) is 0 Å². The zero-order valence-electron chi connectivity index (χ0n) is 33.5. The summed E-state index contributed by atoms with van der Waals surface area (Å²) in [4.78, 5) is 4.85. The Morgan fingerprint density at radius 3 is 2.03 bits per heavy atom. The van der Waals surface area contributed by atoms with Crippen LogP contribution in [0.4, 0.5) is 0 Å². The van der Waals surface area contributed by atoms with Gasteiger partial charge in [-0.05, 0) is 74.0 Å². The van der Waals surface area contributed by atoms with Crippen molar-refractivity contribution in [2.24, 2.45) is 0 Å². The minimum Gasteiger partial charge on any atom is -0.510 e. The second-order valence-electron chi connectivity index (χ2n) is 16.7. The van der Waals surface area contributed by atoms with Gasteiger partial charge in [0, 0.05) is 56.7 Å². The first kappa shape index (κ1) is 38.8. The molecule has 0 saturated carbocycles. The molecule has 5 nitrogen and oxygen atoms in total. The van der Waals surface area contributed by atoms with Crippen LogP contribution < -0.4 is 9.30 Å². The van der Waals surface area contributed by atoms with Crippen LogP contribution >= 0.6 is 0 Å². The molecular formula is C52H44N4OPt-2. The Morgan fingerprint density at radius 1 is 0.603 bits per heavy atom. The normalized spacial score (nSPS) is 11.8. The Bertz CT molecular complexity index is 2900. The molecule has 0 aliphatic heterocycles. The van der Waals surface area contributed by atoms with Crippen LogP contribution in [0.2, 0.25) is 0 Å². The molecule has 9 rings (SSSR count). The number of para-hydroxylation sites is 1. The summed E-state index contributed by atoms with van der Waals surface area (Å²) in [5.41, 5.74) is 10.7. The van der Waals surface area contributed by atoms with E-state index >= 15 is 0 Å². The molecule has 6 heteroatoms. The van der Waals surface area contributed by atoms with Crippen molar-refractivity contribution in [3.05, 3.63) is 188 Å². The Hall–Kier alpha value is -6.03. The monoisotopic (exact) mass is 935 g/mol. The van der Waals surface area contributed by atoms with Crippen LogP contribution in [0.15, 0.2) is 158 Å². The van der Waals surface area contributed by atoms with Gasteiger partial charge in [-0.25, -0.2) is 4.98 Å². The van der Waals surface area contributed by atoms with Gasteiger partial charge in [0.05, 0.1) is 5.69 Å². The van der Waals surface area contributed by atoms with E-state index < -0.39 is 0 Å². The number of aromatic nitrogens is 4. The fourth-order valence-electron chi connectivity index (χ4n) is 7.45. The van der Waals surface area contributed by atoms with Gasteiger partial charge in [0.1, 0.15) is 5.82 Å². The third kappa shape index (κ3) is 7.55. The molecule has 3 heterocycles. The second kappa shape index (κ2) is 15.4. The van der Waals surface area contributed by atoms with Gasteiger partial charge in [-0.3, -0.25) is 4.57 Å². The molecule has 0 aliphatic carbocycles. The molecule has 0 saturated heterocycles. The maximum atomic E-state index is 6.71. The average Bonchev–Trinajstić information content (AvgIpc) is 3.84. The van der Waals surface area contributed by atoms with E-state index in [1.54, 1.807) is 0 Å². The fourth-order valence-corrected chi connectivity index (χ4v) is 7.45. The second-order valence-corrected chi connectivity index (χ2v) is 16.7. The number of imidazole rings is 1. The van der Waals surface area contributed by atoms with Gasteiger partial charge in [0.2, 0.25) is 0 Å². The summed E-state index contributed by atoms with van der Waals surface area (Å²) in [6.45, 7) is 13.4. The van der Waals surface area contributed by atoms with E-state index in [1.165, 1.54) is 11.1 Å². The molecule has 9 aromatic rings. The number of ether oxygens (including phenoxy) is 1. The van der Waals surface area contributed by atoms with Gasteiger partial charge in [0.25, 0.3) is 6.33 Å². The van der Waals surface area contributed by atoms with Crippen LogP contribution in [0.3, 0.4) is 0 Å². The van der Waals surface area contributed by atoms with Crippen molar-refractivity contribution >= 4 is 21.8 Å². The fraction of sp³-hybridized carbons (Fsp3) is 0.154.